The van der Waals surface area contributed by atoms with E-state index in [9.17, 15) is 4.79 Å². The lowest BCUT2D eigenvalue weighted by molar-refractivity contribution is -0.118. The third kappa shape index (κ3) is 4.56. The smallest absolute Gasteiger partial charge is 0.227 e. The lowest BCUT2D eigenvalue weighted by atomic mass is 10.2. The quantitative estimate of drug-likeness (QED) is 0.747. The van der Waals surface area contributed by atoms with Crippen LogP contribution in [-0.4, -0.2) is 19.0 Å². The lowest BCUT2D eigenvalue weighted by Gasteiger charge is -2.21. The maximum atomic E-state index is 12.1. The number of benzene rings is 1. The molecule has 1 aromatic carbocycles. The van der Waals surface area contributed by atoms with Crippen LogP contribution in [0.5, 0.6) is 0 Å². The van der Waals surface area contributed by atoms with E-state index in [0.717, 1.165) is 18.5 Å². The van der Waals surface area contributed by atoms with Gasteiger partial charge >= 0.3 is 0 Å². The van der Waals surface area contributed by atoms with Crippen molar-refractivity contribution in [2.75, 3.05) is 18.0 Å². The van der Waals surface area contributed by atoms with Crippen LogP contribution in [0, 0.1) is 11.3 Å². The average Bonchev–Trinajstić information content (AvgIpc) is 2.41. The number of rotatable bonds is 7. The molecule has 0 aliphatic heterocycles. The molecule has 0 aromatic heterocycles. The molecule has 4 heteroatoms. The molecule has 0 bridgehead atoms. The van der Waals surface area contributed by atoms with Gasteiger partial charge in [-0.3, -0.25) is 4.79 Å². The molecule has 0 unspecified atom stereocenters. The van der Waals surface area contributed by atoms with Gasteiger partial charge in [0, 0.05) is 18.7 Å². The Kier molecular flexibility index (Phi) is 6.52. The summed E-state index contributed by atoms with van der Waals surface area (Å²) in [5, 5.41) is 8.65. The van der Waals surface area contributed by atoms with Gasteiger partial charge in [0.05, 0.1) is 12.5 Å². The van der Waals surface area contributed by atoms with Gasteiger partial charge in [0.25, 0.3) is 0 Å². The molecular formula is C14H19N3O. The Balaban J connectivity index is 2.66. The molecule has 1 aromatic rings. The molecule has 0 atom stereocenters. The third-order valence-electron chi connectivity index (χ3n) is 2.66. The summed E-state index contributed by atoms with van der Waals surface area (Å²) < 4.78 is 0. The monoisotopic (exact) mass is 245 g/mol. The third-order valence-corrected chi connectivity index (χ3v) is 2.66. The molecule has 0 saturated heterocycles. The molecule has 0 heterocycles. The van der Waals surface area contributed by atoms with E-state index >= 15 is 0 Å². The zero-order valence-corrected chi connectivity index (χ0v) is 10.5. The molecule has 1 rings (SSSR count). The van der Waals surface area contributed by atoms with Crippen molar-refractivity contribution < 1.29 is 4.79 Å². The fraction of sp³-hybridized carbons (Fsp3) is 0.429. The highest BCUT2D eigenvalue weighted by molar-refractivity contribution is 5.93. The van der Waals surface area contributed by atoms with Crippen LogP contribution in [0.3, 0.4) is 0 Å². The van der Waals surface area contributed by atoms with Crippen molar-refractivity contribution in [2.24, 2.45) is 5.73 Å². The fourth-order valence-corrected chi connectivity index (χ4v) is 1.72. The molecule has 0 aliphatic rings. The molecule has 0 saturated carbocycles. The van der Waals surface area contributed by atoms with Crippen LogP contribution in [0.15, 0.2) is 30.3 Å². The molecule has 0 fully saturated rings. The Morgan fingerprint density at radius 2 is 2.00 bits per heavy atom. The lowest BCUT2D eigenvalue weighted by Crippen LogP contribution is -2.31. The summed E-state index contributed by atoms with van der Waals surface area (Å²) in [5.41, 5.74) is 6.27. The summed E-state index contributed by atoms with van der Waals surface area (Å²) in [5.74, 6) is 0.0601. The van der Waals surface area contributed by atoms with Gasteiger partial charge in [-0.1, -0.05) is 18.2 Å². The Hall–Kier alpha value is -1.86. The Labute approximate surface area is 108 Å². The van der Waals surface area contributed by atoms with Gasteiger partial charge in [0.15, 0.2) is 0 Å². The summed E-state index contributed by atoms with van der Waals surface area (Å²) >= 11 is 0. The number of nitriles is 1. The Morgan fingerprint density at radius 3 is 2.61 bits per heavy atom. The van der Waals surface area contributed by atoms with E-state index in [1.54, 1.807) is 4.90 Å². The van der Waals surface area contributed by atoms with Gasteiger partial charge in [-0.25, -0.2) is 0 Å². The standard InChI is InChI=1S/C14H19N3O/c15-10-5-4-9-14(18)17(12-6-11-16)13-7-2-1-3-8-13/h1-3,7-8H,4-6,9-10,12,15H2. The summed E-state index contributed by atoms with van der Waals surface area (Å²) in [6, 6.07) is 11.5. The molecular weight excluding hydrogens is 226 g/mol. The van der Waals surface area contributed by atoms with E-state index in [4.69, 9.17) is 11.0 Å². The first kappa shape index (κ1) is 14.2. The largest absolute Gasteiger partial charge is 0.330 e. The van der Waals surface area contributed by atoms with Gasteiger partial charge in [0.2, 0.25) is 5.91 Å². The number of anilines is 1. The number of nitrogens with zero attached hydrogens (tertiary/aromatic N) is 2. The number of hydrogen-bond donors (Lipinski definition) is 1. The van der Waals surface area contributed by atoms with Crippen molar-refractivity contribution in [3.63, 3.8) is 0 Å². The normalized spacial score (nSPS) is 9.78. The molecule has 0 aliphatic carbocycles. The molecule has 4 nitrogen and oxygen atoms in total. The van der Waals surface area contributed by atoms with Gasteiger partial charge in [-0.05, 0) is 31.5 Å². The minimum atomic E-state index is 0.0601. The van der Waals surface area contributed by atoms with Crippen LogP contribution >= 0.6 is 0 Å². The van der Waals surface area contributed by atoms with Crippen LogP contribution in [0.2, 0.25) is 0 Å². The number of amides is 1. The Bertz CT molecular complexity index is 397. The molecule has 2 N–H and O–H groups in total. The van der Waals surface area contributed by atoms with Crippen molar-refractivity contribution in [3.8, 4) is 6.07 Å². The maximum Gasteiger partial charge on any atom is 0.227 e. The van der Waals surface area contributed by atoms with Crippen LogP contribution in [0.25, 0.3) is 0 Å². The van der Waals surface area contributed by atoms with E-state index in [0.29, 0.717) is 25.9 Å². The van der Waals surface area contributed by atoms with E-state index in [2.05, 4.69) is 6.07 Å². The van der Waals surface area contributed by atoms with Gasteiger partial charge in [0.1, 0.15) is 0 Å². The topological polar surface area (TPSA) is 70.1 Å². The number of unbranched alkanes of at least 4 members (excludes halogenated alkanes) is 1. The maximum absolute atomic E-state index is 12.1. The van der Waals surface area contributed by atoms with Crippen LogP contribution in [0.1, 0.15) is 25.7 Å². The second-order valence-electron chi connectivity index (χ2n) is 4.03. The molecule has 0 spiro atoms. The second kappa shape index (κ2) is 8.26. The predicted octanol–water partition coefficient (Wildman–Crippen LogP) is 2.06. The fourth-order valence-electron chi connectivity index (χ4n) is 1.72. The number of nitrogens with two attached hydrogens (primary N) is 1. The first-order valence-corrected chi connectivity index (χ1v) is 6.22. The van der Waals surface area contributed by atoms with Crippen LogP contribution in [-0.2, 0) is 4.79 Å². The highest BCUT2D eigenvalue weighted by Gasteiger charge is 2.14. The molecule has 1 amide bonds. The number of carbonyl (C=O) groups excluding carboxylic acids is 1. The van der Waals surface area contributed by atoms with Crippen LogP contribution < -0.4 is 10.6 Å². The summed E-state index contributed by atoms with van der Waals surface area (Å²) in [4.78, 5) is 13.8. The zero-order chi connectivity index (χ0) is 13.2. The molecule has 96 valence electrons. The average molecular weight is 245 g/mol. The number of hydrogen-bond acceptors (Lipinski definition) is 3. The molecule has 0 radical (unpaired) electrons. The SMILES string of the molecule is N#CCCN(C(=O)CCCCN)c1ccccc1. The summed E-state index contributed by atoms with van der Waals surface area (Å²) in [6.45, 7) is 1.05. The van der Waals surface area contributed by atoms with Crippen LogP contribution in [0.4, 0.5) is 5.69 Å². The summed E-state index contributed by atoms with van der Waals surface area (Å²) in [7, 11) is 0. The van der Waals surface area contributed by atoms with Crippen molar-refractivity contribution >= 4 is 11.6 Å². The minimum Gasteiger partial charge on any atom is -0.330 e. The van der Waals surface area contributed by atoms with Gasteiger partial charge < -0.3 is 10.6 Å². The Morgan fingerprint density at radius 1 is 1.28 bits per heavy atom. The first-order valence-electron chi connectivity index (χ1n) is 6.22. The zero-order valence-electron chi connectivity index (χ0n) is 10.5. The number of para-hydroxylation sites is 1. The predicted molar refractivity (Wildman–Crippen MR) is 71.9 cm³/mol. The van der Waals surface area contributed by atoms with Crippen molar-refractivity contribution in [3.05, 3.63) is 30.3 Å². The highest BCUT2D eigenvalue weighted by atomic mass is 16.2. The second-order valence-corrected chi connectivity index (χ2v) is 4.03. The van der Waals surface area contributed by atoms with Gasteiger partial charge in [-0.2, -0.15) is 5.26 Å². The van der Waals surface area contributed by atoms with Crippen molar-refractivity contribution in [1.82, 2.24) is 0 Å². The van der Waals surface area contributed by atoms with Crippen molar-refractivity contribution in [1.29, 1.82) is 5.26 Å². The van der Waals surface area contributed by atoms with Crippen molar-refractivity contribution in [2.45, 2.75) is 25.7 Å². The minimum absolute atomic E-state index is 0.0601. The first-order chi connectivity index (χ1) is 8.79. The van der Waals surface area contributed by atoms with E-state index < -0.39 is 0 Å². The van der Waals surface area contributed by atoms with E-state index in [1.807, 2.05) is 30.3 Å². The highest BCUT2D eigenvalue weighted by Crippen LogP contribution is 2.15. The van der Waals surface area contributed by atoms with E-state index in [-0.39, 0.29) is 5.91 Å². The number of carbonyl (C=O) groups is 1. The molecule has 18 heavy (non-hydrogen) atoms. The van der Waals surface area contributed by atoms with E-state index in [1.165, 1.54) is 0 Å². The summed E-state index contributed by atoms with van der Waals surface area (Å²) in [6.07, 6.45) is 2.48. The van der Waals surface area contributed by atoms with Gasteiger partial charge in [-0.15, -0.1) is 0 Å².